The number of nitrogens with zero attached hydrogens (tertiary/aromatic N) is 2. The number of oxazole rings is 1. The molecule has 5 aliphatic carbocycles. The second kappa shape index (κ2) is 10.6. The Hall–Kier alpha value is -4.45. The summed E-state index contributed by atoms with van der Waals surface area (Å²) in [4.78, 5) is 7.43. The van der Waals surface area contributed by atoms with Crippen LogP contribution in [0.4, 0.5) is 5.69 Å². The zero-order chi connectivity index (χ0) is 29.0. The molecule has 0 saturated carbocycles. The monoisotopic (exact) mass is 583 g/mol. The fourth-order valence-electron chi connectivity index (χ4n) is 7.70. The highest BCUT2D eigenvalue weighted by atomic mass is 16.5. The Morgan fingerprint density at radius 1 is 0.886 bits per heavy atom. The van der Waals surface area contributed by atoms with Gasteiger partial charge in [0.15, 0.2) is 17.7 Å². The van der Waals surface area contributed by atoms with Gasteiger partial charge in [-0.15, -0.1) is 0 Å². The van der Waals surface area contributed by atoms with Crippen LogP contribution >= 0.6 is 0 Å². The van der Waals surface area contributed by atoms with E-state index in [1.165, 1.54) is 12.1 Å². The van der Waals surface area contributed by atoms with Crippen molar-refractivity contribution in [3.63, 3.8) is 0 Å². The number of fused-ring (bicyclic) bond motifs is 2. The van der Waals surface area contributed by atoms with Gasteiger partial charge in [0.1, 0.15) is 11.5 Å². The molecule has 2 aromatic rings. The lowest BCUT2D eigenvalue weighted by atomic mass is 9.79. The van der Waals surface area contributed by atoms with Crippen molar-refractivity contribution in [1.29, 1.82) is 0 Å². The number of aryl methyl sites for hydroxylation is 1. The van der Waals surface area contributed by atoms with Crippen molar-refractivity contribution < 1.29 is 13.9 Å². The third-order valence-electron chi connectivity index (χ3n) is 10.0. The van der Waals surface area contributed by atoms with E-state index in [4.69, 9.17) is 18.9 Å². The molecule has 44 heavy (non-hydrogen) atoms. The first kappa shape index (κ1) is 26.0. The molecule has 0 saturated heterocycles. The largest absolute Gasteiger partial charge is 0.469 e. The summed E-state index contributed by atoms with van der Waals surface area (Å²) in [5, 5.41) is 3.56. The minimum absolute atomic E-state index is 0.211. The molecular formula is C38H37N3O3. The van der Waals surface area contributed by atoms with Gasteiger partial charge < -0.3 is 24.1 Å². The summed E-state index contributed by atoms with van der Waals surface area (Å²) in [7, 11) is 0. The van der Waals surface area contributed by atoms with Crippen LogP contribution in [0.25, 0.3) is 11.6 Å². The first-order valence-corrected chi connectivity index (χ1v) is 16.3. The van der Waals surface area contributed by atoms with Gasteiger partial charge in [0, 0.05) is 17.6 Å². The molecule has 2 aliphatic heterocycles. The normalized spacial score (nSPS) is 28.1. The van der Waals surface area contributed by atoms with Crippen LogP contribution in [-0.4, -0.2) is 11.0 Å². The number of hydrogen-bond donors (Lipinski definition) is 1. The quantitative estimate of drug-likeness (QED) is 0.364. The van der Waals surface area contributed by atoms with Gasteiger partial charge >= 0.3 is 0 Å². The van der Waals surface area contributed by atoms with Crippen LogP contribution < -0.4 is 15.0 Å². The molecule has 0 amide bonds. The number of nitrogens with one attached hydrogen (secondary N) is 1. The smallest absolute Gasteiger partial charge is 0.223 e. The van der Waals surface area contributed by atoms with E-state index in [1.54, 1.807) is 0 Å². The van der Waals surface area contributed by atoms with Crippen LogP contribution in [-0.2, 0) is 11.2 Å². The molecule has 1 aromatic carbocycles. The van der Waals surface area contributed by atoms with E-state index in [-0.39, 0.29) is 12.3 Å². The molecule has 0 fully saturated rings. The lowest BCUT2D eigenvalue weighted by Gasteiger charge is -2.42. The number of allylic oxidation sites excluding steroid dienone is 12. The van der Waals surface area contributed by atoms with Gasteiger partial charge in [0.25, 0.3) is 0 Å². The average Bonchev–Trinajstić information content (AvgIpc) is 3.72. The first-order valence-electron chi connectivity index (χ1n) is 16.3. The van der Waals surface area contributed by atoms with Crippen LogP contribution in [0.3, 0.4) is 0 Å². The second-order valence-electron chi connectivity index (χ2n) is 12.8. The Morgan fingerprint density at radius 3 is 2.70 bits per heavy atom. The minimum Gasteiger partial charge on any atom is -0.469 e. The molecule has 6 nitrogen and oxygen atoms in total. The number of aromatic nitrogens is 1. The summed E-state index contributed by atoms with van der Waals surface area (Å²) < 4.78 is 19.4. The minimum atomic E-state index is -0.211. The van der Waals surface area contributed by atoms with Gasteiger partial charge in [-0.3, -0.25) is 0 Å². The molecule has 9 rings (SSSR count). The molecule has 4 atom stereocenters. The highest BCUT2D eigenvalue weighted by Crippen LogP contribution is 2.47. The van der Waals surface area contributed by atoms with Gasteiger partial charge in [-0.05, 0) is 93.6 Å². The number of anilines is 1. The molecule has 7 aliphatic rings. The van der Waals surface area contributed by atoms with Crippen LogP contribution in [0, 0.1) is 11.8 Å². The Labute approximate surface area is 258 Å². The van der Waals surface area contributed by atoms with Gasteiger partial charge in [-0.25, -0.2) is 4.98 Å². The van der Waals surface area contributed by atoms with E-state index in [9.17, 15) is 0 Å². The predicted octanol–water partition coefficient (Wildman–Crippen LogP) is 8.57. The zero-order valence-corrected chi connectivity index (χ0v) is 24.9. The Morgan fingerprint density at radius 2 is 1.84 bits per heavy atom. The lowest BCUT2D eigenvalue weighted by molar-refractivity contribution is 0.123. The third kappa shape index (κ3) is 4.50. The van der Waals surface area contributed by atoms with Crippen molar-refractivity contribution >= 4 is 17.3 Å². The molecule has 0 radical (unpaired) electrons. The van der Waals surface area contributed by atoms with Gasteiger partial charge in [-0.1, -0.05) is 54.7 Å². The maximum absolute atomic E-state index is 6.77. The molecule has 1 aromatic heterocycles. The molecular weight excluding hydrogens is 546 g/mol. The number of benzene rings is 1. The second-order valence-corrected chi connectivity index (χ2v) is 12.8. The maximum Gasteiger partial charge on any atom is 0.223 e. The van der Waals surface area contributed by atoms with E-state index in [0.29, 0.717) is 11.8 Å². The fourth-order valence-corrected chi connectivity index (χ4v) is 7.70. The van der Waals surface area contributed by atoms with Crippen LogP contribution in [0.2, 0.25) is 0 Å². The van der Waals surface area contributed by atoms with E-state index in [2.05, 4.69) is 95.3 Å². The van der Waals surface area contributed by atoms with Gasteiger partial charge in [-0.2, -0.15) is 0 Å². The average molecular weight is 584 g/mol. The van der Waals surface area contributed by atoms with Crippen LogP contribution in [0.15, 0.2) is 106 Å². The standard InChI is InChI=1S/C38H37N3O3/c1-2-8-24(9-3-1)25-14-18-28(19-15-25)41-31-20-16-26(37-39-29-10-4-6-12-33(29)43-37)22-35(31)42-36-23-27(17-21-32(36)41)38-40-30-11-5-7-13-34(30)44-38/h1-4,7-8,10,13-14,16,18,20,22-25,28,37,39H,5-6,9,11-12,15,17,19,21H2. The van der Waals surface area contributed by atoms with Crippen molar-refractivity contribution in [1.82, 2.24) is 10.3 Å². The molecule has 222 valence electrons. The number of ether oxygens (including phenoxy) is 2. The molecule has 0 bridgehead atoms. The SMILES string of the molecule is C1=CCC(C2C=CC(N3C4=C(C=C(c5nc6c(o5)C=CCC6)CC4)Oc4cc(C5NC6=C(CCC=C6)O5)ccc43)CC2)C=C1. The van der Waals surface area contributed by atoms with Crippen molar-refractivity contribution in [2.45, 2.75) is 70.1 Å². The van der Waals surface area contributed by atoms with Crippen LogP contribution in [0.5, 0.6) is 5.75 Å². The van der Waals surface area contributed by atoms with Crippen molar-refractivity contribution in [3.8, 4) is 5.75 Å². The van der Waals surface area contributed by atoms with E-state index < -0.39 is 0 Å². The molecule has 6 heteroatoms. The topological polar surface area (TPSA) is 59.8 Å². The van der Waals surface area contributed by atoms with Crippen LogP contribution in [0.1, 0.15) is 80.5 Å². The van der Waals surface area contributed by atoms with Gasteiger partial charge in [0.05, 0.1) is 28.8 Å². The molecule has 3 heterocycles. The summed E-state index contributed by atoms with van der Waals surface area (Å²) in [6.07, 6.45) is 33.6. The Balaban J connectivity index is 1.06. The predicted molar refractivity (Wildman–Crippen MR) is 172 cm³/mol. The fraction of sp³-hybridized carbons (Fsp3) is 0.342. The summed E-state index contributed by atoms with van der Waals surface area (Å²) in [5.41, 5.74) is 6.71. The summed E-state index contributed by atoms with van der Waals surface area (Å²) in [5.74, 6) is 5.64. The van der Waals surface area contributed by atoms with E-state index in [1.807, 2.05) is 0 Å². The first-order chi connectivity index (χ1) is 21.8. The molecule has 4 unspecified atom stereocenters. The van der Waals surface area contributed by atoms with Crippen molar-refractivity contribution in [2.75, 3.05) is 4.90 Å². The highest BCUT2D eigenvalue weighted by molar-refractivity contribution is 5.73. The molecule has 0 spiro atoms. The Kier molecular flexibility index (Phi) is 6.27. The number of rotatable bonds is 4. The maximum atomic E-state index is 6.77. The van der Waals surface area contributed by atoms with E-state index >= 15 is 0 Å². The van der Waals surface area contributed by atoms with Gasteiger partial charge in [0.2, 0.25) is 5.89 Å². The van der Waals surface area contributed by atoms with Crippen molar-refractivity contribution in [2.24, 2.45) is 11.8 Å². The summed E-state index contributed by atoms with van der Waals surface area (Å²) >= 11 is 0. The lowest BCUT2D eigenvalue weighted by Crippen LogP contribution is -2.39. The summed E-state index contributed by atoms with van der Waals surface area (Å²) in [6, 6.07) is 6.87. The third-order valence-corrected chi connectivity index (χ3v) is 10.0. The molecule has 1 N–H and O–H groups in total. The van der Waals surface area contributed by atoms with E-state index in [0.717, 1.165) is 109 Å². The summed E-state index contributed by atoms with van der Waals surface area (Å²) in [6.45, 7) is 0. The van der Waals surface area contributed by atoms with Crippen molar-refractivity contribution in [3.05, 3.63) is 125 Å². The number of hydrogen-bond acceptors (Lipinski definition) is 6. The Bertz CT molecular complexity index is 1760. The zero-order valence-electron chi connectivity index (χ0n) is 24.9. The highest BCUT2D eigenvalue weighted by Gasteiger charge is 2.36.